The maximum atomic E-state index is 6.50. The average Bonchev–Trinajstić information content (AvgIpc) is 2.34. The molecule has 0 bridgehead atoms. The zero-order chi connectivity index (χ0) is 12.2. The Balaban J connectivity index is 0.00000106. The van der Waals surface area contributed by atoms with Gasteiger partial charge in [0.15, 0.2) is 0 Å². The van der Waals surface area contributed by atoms with Crippen molar-refractivity contribution in [3.05, 3.63) is 0 Å². The molecule has 0 aromatic rings. The van der Waals surface area contributed by atoms with Crippen LogP contribution in [0.15, 0.2) is 0 Å². The fraction of sp³-hybridized carbons (Fsp3) is 0.929. The highest BCUT2D eigenvalue weighted by Gasteiger charge is 2.14. The van der Waals surface area contributed by atoms with Crippen molar-refractivity contribution in [3.63, 3.8) is 0 Å². The van der Waals surface area contributed by atoms with Crippen LogP contribution < -0.4 is 0 Å². The summed E-state index contributed by atoms with van der Waals surface area (Å²) in [5.74, 6) is 0.978. The number of nitrogens with zero attached hydrogens (tertiary/aromatic N) is 2. The Morgan fingerprint density at radius 3 is 2.19 bits per heavy atom. The van der Waals surface area contributed by atoms with Crippen LogP contribution in [-0.4, -0.2) is 24.5 Å². The van der Waals surface area contributed by atoms with Crippen LogP contribution in [0.2, 0.25) is 0 Å². The van der Waals surface area contributed by atoms with Gasteiger partial charge in [0.25, 0.3) is 0 Å². The second-order valence-corrected chi connectivity index (χ2v) is 4.94. The molecule has 1 heterocycles. The first-order valence-corrected chi connectivity index (χ1v) is 6.81. The number of unbranched alkanes of at least 4 members (excludes halogenated alkanes) is 4. The van der Waals surface area contributed by atoms with Gasteiger partial charge in [-0.25, -0.2) is 5.26 Å². The van der Waals surface area contributed by atoms with Crippen LogP contribution in [0.25, 0.3) is 0 Å². The van der Waals surface area contributed by atoms with E-state index in [0.29, 0.717) is 0 Å². The van der Waals surface area contributed by atoms with E-state index in [1.54, 1.807) is 0 Å². The van der Waals surface area contributed by atoms with E-state index in [1.165, 1.54) is 64.6 Å². The van der Waals surface area contributed by atoms with Crippen LogP contribution in [0, 0.1) is 17.8 Å². The van der Waals surface area contributed by atoms with Crippen LogP contribution in [0.4, 0.5) is 0 Å². The second-order valence-electron chi connectivity index (χ2n) is 4.94. The molecule has 0 spiro atoms. The van der Waals surface area contributed by atoms with Gasteiger partial charge in [-0.05, 0) is 44.8 Å². The molecule has 1 fully saturated rings. The minimum atomic E-state index is 0.978. The van der Waals surface area contributed by atoms with E-state index < -0.39 is 0 Å². The Morgan fingerprint density at radius 1 is 1.06 bits per heavy atom. The Labute approximate surface area is 102 Å². The molecule has 1 aliphatic heterocycles. The quantitative estimate of drug-likeness (QED) is 0.641. The smallest absolute Gasteiger partial charge is 0.0462 e. The van der Waals surface area contributed by atoms with Gasteiger partial charge < -0.3 is 4.90 Å². The van der Waals surface area contributed by atoms with Gasteiger partial charge in [0.05, 0.1) is 0 Å². The highest BCUT2D eigenvalue weighted by Crippen LogP contribution is 2.16. The third-order valence-electron chi connectivity index (χ3n) is 3.45. The van der Waals surface area contributed by atoms with Gasteiger partial charge in [-0.2, -0.15) is 0 Å². The molecule has 0 radical (unpaired) electrons. The van der Waals surface area contributed by atoms with Crippen LogP contribution in [0.3, 0.4) is 0 Å². The Bertz CT molecular complexity index is 157. The fourth-order valence-corrected chi connectivity index (χ4v) is 2.22. The van der Waals surface area contributed by atoms with Crippen molar-refractivity contribution in [1.29, 1.82) is 5.26 Å². The number of hydrogen-bond acceptors (Lipinski definition) is 2. The van der Waals surface area contributed by atoms with Crippen molar-refractivity contribution in [3.8, 4) is 6.57 Å². The lowest BCUT2D eigenvalue weighted by Gasteiger charge is -2.30. The molecule has 0 aromatic carbocycles. The molecule has 16 heavy (non-hydrogen) atoms. The van der Waals surface area contributed by atoms with Crippen LogP contribution in [0.1, 0.15) is 58.8 Å². The normalized spacial score (nSPS) is 17.8. The van der Waals surface area contributed by atoms with Gasteiger partial charge in [0.2, 0.25) is 0 Å². The van der Waals surface area contributed by atoms with Gasteiger partial charge >= 0.3 is 0 Å². The summed E-state index contributed by atoms with van der Waals surface area (Å²) in [6.45, 7) is 12.2. The molecule has 0 aromatic heterocycles. The Hall–Kier alpha value is -0.550. The molecule has 0 aliphatic carbocycles. The van der Waals surface area contributed by atoms with E-state index in [9.17, 15) is 0 Å². The molecule has 0 saturated carbocycles. The fourth-order valence-electron chi connectivity index (χ4n) is 2.22. The van der Waals surface area contributed by atoms with E-state index >= 15 is 0 Å². The van der Waals surface area contributed by atoms with Gasteiger partial charge in [-0.3, -0.25) is 0 Å². The lowest BCUT2D eigenvalue weighted by molar-refractivity contribution is 0.189. The van der Waals surface area contributed by atoms with Crippen molar-refractivity contribution in [1.82, 2.24) is 4.90 Å². The van der Waals surface area contributed by atoms with Crippen molar-refractivity contribution < 1.29 is 0 Å². The lowest BCUT2D eigenvalue weighted by Crippen LogP contribution is -2.33. The molecule has 2 nitrogen and oxygen atoms in total. The molecule has 94 valence electrons. The van der Waals surface area contributed by atoms with Gasteiger partial charge in [0.1, 0.15) is 0 Å². The molecule has 2 heteroatoms. The van der Waals surface area contributed by atoms with Crippen molar-refractivity contribution >= 4 is 0 Å². The van der Waals surface area contributed by atoms with Gasteiger partial charge in [-0.15, -0.1) is 0 Å². The van der Waals surface area contributed by atoms with Crippen LogP contribution in [0.5, 0.6) is 0 Å². The summed E-state index contributed by atoms with van der Waals surface area (Å²) in [5, 5.41) is 6.50. The monoisotopic (exact) mass is 224 g/mol. The minimum absolute atomic E-state index is 0.978. The summed E-state index contributed by atoms with van der Waals surface area (Å²) >= 11 is 0. The Morgan fingerprint density at radius 2 is 1.62 bits per heavy atom. The van der Waals surface area contributed by atoms with Crippen molar-refractivity contribution in [2.75, 3.05) is 19.6 Å². The van der Waals surface area contributed by atoms with Gasteiger partial charge in [-0.1, -0.05) is 39.5 Å². The molecular formula is C14H28N2. The highest BCUT2D eigenvalue weighted by molar-refractivity contribution is 4.68. The predicted octanol–water partition coefficient (Wildman–Crippen LogP) is 3.83. The standard InChI is InChI=1S/C13H27N.CHN/c1-3-4-5-6-7-10-14-11-8-13(2)9-12-14;1-2/h13H,3-12H2,1-2H3;1H. The van der Waals surface area contributed by atoms with E-state index in [4.69, 9.17) is 5.26 Å². The van der Waals surface area contributed by atoms with Gasteiger partial charge in [0, 0.05) is 6.57 Å². The summed E-state index contributed by atoms with van der Waals surface area (Å²) in [5.41, 5.74) is 0. The zero-order valence-electron chi connectivity index (χ0n) is 11.1. The minimum Gasteiger partial charge on any atom is -0.303 e. The second kappa shape index (κ2) is 11.0. The maximum Gasteiger partial charge on any atom is 0.0462 e. The summed E-state index contributed by atoms with van der Waals surface area (Å²) < 4.78 is 0. The number of nitriles is 1. The predicted molar refractivity (Wildman–Crippen MR) is 70.3 cm³/mol. The third kappa shape index (κ3) is 7.70. The highest BCUT2D eigenvalue weighted by atomic mass is 15.1. The van der Waals surface area contributed by atoms with Crippen molar-refractivity contribution in [2.45, 2.75) is 58.8 Å². The number of hydrogen-bond donors (Lipinski definition) is 0. The van der Waals surface area contributed by atoms with E-state index in [-0.39, 0.29) is 0 Å². The summed E-state index contributed by atoms with van der Waals surface area (Å²) in [6.07, 6.45) is 9.96. The molecule has 1 rings (SSSR count). The number of piperidine rings is 1. The average molecular weight is 224 g/mol. The molecular weight excluding hydrogens is 196 g/mol. The van der Waals surface area contributed by atoms with Crippen molar-refractivity contribution in [2.24, 2.45) is 5.92 Å². The lowest BCUT2D eigenvalue weighted by atomic mass is 9.99. The summed E-state index contributed by atoms with van der Waals surface area (Å²) in [7, 11) is 0. The topological polar surface area (TPSA) is 27.0 Å². The maximum absolute atomic E-state index is 6.50. The first-order valence-electron chi connectivity index (χ1n) is 6.81. The van der Waals surface area contributed by atoms with E-state index in [2.05, 4.69) is 25.3 Å². The SMILES string of the molecule is C#N.CCCCCCCN1CCC(C)CC1. The summed E-state index contributed by atoms with van der Waals surface area (Å²) in [4.78, 5) is 2.66. The largest absolute Gasteiger partial charge is 0.303 e. The number of likely N-dealkylation sites (tertiary alicyclic amines) is 1. The molecule has 1 saturated heterocycles. The summed E-state index contributed by atoms with van der Waals surface area (Å²) in [6, 6.07) is 0. The van der Waals surface area contributed by atoms with E-state index in [1.807, 2.05) is 0 Å². The molecule has 0 N–H and O–H groups in total. The molecule has 1 aliphatic rings. The van der Waals surface area contributed by atoms with E-state index in [0.717, 1.165) is 5.92 Å². The first kappa shape index (κ1) is 15.4. The Kier molecular flexibility index (Phi) is 10.6. The molecule has 0 atom stereocenters. The first-order chi connectivity index (χ1) is 7.83. The molecule has 0 unspecified atom stereocenters. The van der Waals surface area contributed by atoms with Crippen LogP contribution in [-0.2, 0) is 0 Å². The number of rotatable bonds is 6. The third-order valence-corrected chi connectivity index (χ3v) is 3.45. The zero-order valence-corrected chi connectivity index (χ0v) is 11.1. The van der Waals surface area contributed by atoms with Crippen LogP contribution >= 0.6 is 0 Å². The molecule has 0 amide bonds.